The monoisotopic (exact) mass is 286 g/mol. The van der Waals surface area contributed by atoms with Gasteiger partial charge in [-0.05, 0) is 31.2 Å². The van der Waals surface area contributed by atoms with Gasteiger partial charge in [-0.25, -0.2) is 9.78 Å². The molecule has 2 N–H and O–H groups in total. The summed E-state index contributed by atoms with van der Waals surface area (Å²) in [6, 6.07) is 9.12. The first-order chi connectivity index (χ1) is 10.1. The summed E-state index contributed by atoms with van der Waals surface area (Å²) < 4.78 is 5.20. The molecule has 0 unspecified atom stereocenters. The average Bonchev–Trinajstić information content (AvgIpc) is 2.49. The third kappa shape index (κ3) is 3.79. The van der Waals surface area contributed by atoms with Crippen LogP contribution >= 0.6 is 0 Å². The van der Waals surface area contributed by atoms with Crippen molar-refractivity contribution in [3.8, 4) is 5.88 Å². The van der Waals surface area contributed by atoms with Crippen molar-refractivity contribution < 1.29 is 19.4 Å². The molecule has 0 atom stereocenters. The van der Waals surface area contributed by atoms with Gasteiger partial charge >= 0.3 is 5.97 Å². The van der Waals surface area contributed by atoms with Crippen LogP contribution in [0.15, 0.2) is 42.6 Å². The van der Waals surface area contributed by atoms with Crippen LogP contribution in [0.25, 0.3) is 0 Å². The van der Waals surface area contributed by atoms with Gasteiger partial charge in [0.1, 0.15) is 0 Å². The van der Waals surface area contributed by atoms with E-state index in [9.17, 15) is 9.59 Å². The second-order valence-electron chi connectivity index (χ2n) is 4.16. The van der Waals surface area contributed by atoms with Gasteiger partial charge in [0.25, 0.3) is 5.91 Å². The number of ether oxygens (including phenoxy) is 1. The van der Waals surface area contributed by atoms with E-state index in [2.05, 4.69) is 10.3 Å². The second-order valence-corrected chi connectivity index (χ2v) is 4.16. The van der Waals surface area contributed by atoms with E-state index in [1.807, 2.05) is 6.92 Å². The number of carbonyl (C=O) groups excluding carboxylic acids is 1. The molecular formula is C15H14N2O4. The van der Waals surface area contributed by atoms with E-state index in [1.165, 1.54) is 24.4 Å². The van der Waals surface area contributed by atoms with Crippen LogP contribution in [0.3, 0.4) is 0 Å². The smallest absolute Gasteiger partial charge is 0.335 e. The van der Waals surface area contributed by atoms with Gasteiger partial charge in [0.05, 0.1) is 24.1 Å². The first-order valence-corrected chi connectivity index (χ1v) is 6.33. The molecule has 0 bridgehead atoms. The molecule has 0 saturated heterocycles. The zero-order chi connectivity index (χ0) is 15.2. The Morgan fingerprint density at radius 3 is 2.62 bits per heavy atom. The molecule has 1 amide bonds. The number of carbonyl (C=O) groups is 2. The lowest BCUT2D eigenvalue weighted by atomic mass is 10.1. The fraction of sp³-hybridized carbons (Fsp3) is 0.133. The number of hydrogen-bond acceptors (Lipinski definition) is 4. The number of nitrogens with zero attached hydrogens (tertiary/aromatic N) is 1. The first kappa shape index (κ1) is 14.5. The zero-order valence-electron chi connectivity index (χ0n) is 11.4. The molecule has 0 saturated carbocycles. The van der Waals surface area contributed by atoms with E-state index < -0.39 is 11.9 Å². The van der Waals surface area contributed by atoms with E-state index in [-0.39, 0.29) is 11.1 Å². The molecule has 1 aromatic carbocycles. The highest BCUT2D eigenvalue weighted by Gasteiger charge is 2.10. The van der Waals surface area contributed by atoms with Gasteiger partial charge in [0.15, 0.2) is 0 Å². The first-order valence-electron chi connectivity index (χ1n) is 6.33. The summed E-state index contributed by atoms with van der Waals surface area (Å²) in [6.45, 7) is 2.37. The van der Waals surface area contributed by atoms with Gasteiger partial charge in [0, 0.05) is 11.6 Å². The molecule has 6 heteroatoms. The molecule has 2 rings (SSSR count). The SMILES string of the molecule is CCOc1ccc(NC(=O)c2cccc(C(=O)O)c2)cn1. The minimum absolute atomic E-state index is 0.0625. The largest absolute Gasteiger partial charge is 0.478 e. The average molecular weight is 286 g/mol. The van der Waals surface area contributed by atoms with Crippen LogP contribution in [0.1, 0.15) is 27.6 Å². The van der Waals surface area contributed by atoms with Crippen LogP contribution in [0.2, 0.25) is 0 Å². The number of hydrogen-bond donors (Lipinski definition) is 2. The predicted octanol–water partition coefficient (Wildman–Crippen LogP) is 2.43. The Hall–Kier alpha value is -2.89. The molecule has 1 heterocycles. The topological polar surface area (TPSA) is 88.5 Å². The van der Waals surface area contributed by atoms with Crippen molar-refractivity contribution in [2.75, 3.05) is 11.9 Å². The van der Waals surface area contributed by atoms with E-state index in [1.54, 1.807) is 18.2 Å². The molecule has 0 aliphatic heterocycles. The van der Waals surface area contributed by atoms with Crippen LogP contribution in [0.5, 0.6) is 5.88 Å². The molecule has 2 aromatic rings. The fourth-order valence-electron chi connectivity index (χ4n) is 1.68. The maximum Gasteiger partial charge on any atom is 0.335 e. The van der Waals surface area contributed by atoms with Crippen molar-refractivity contribution >= 4 is 17.6 Å². The third-order valence-corrected chi connectivity index (χ3v) is 2.66. The Kier molecular flexibility index (Phi) is 4.50. The highest BCUT2D eigenvalue weighted by Crippen LogP contribution is 2.13. The normalized spacial score (nSPS) is 9.95. The van der Waals surface area contributed by atoms with E-state index >= 15 is 0 Å². The Labute approximate surface area is 121 Å². The lowest BCUT2D eigenvalue weighted by Gasteiger charge is -2.07. The number of benzene rings is 1. The highest BCUT2D eigenvalue weighted by molar-refractivity contribution is 6.05. The molecule has 0 spiro atoms. The number of amides is 1. The summed E-state index contributed by atoms with van der Waals surface area (Å²) in [6.07, 6.45) is 1.48. The Morgan fingerprint density at radius 2 is 2.00 bits per heavy atom. The summed E-state index contributed by atoms with van der Waals surface area (Å²) in [5.74, 6) is -1.00. The van der Waals surface area contributed by atoms with Crippen LogP contribution in [-0.2, 0) is 0 Å². The fourth-order valence-corrected chi connectivity index (χ4v) is 1.68. The molecule has 0 radical (unpaired) electrons. The van der Waals surface area contributed by atoms with Gasteiger partial charge in [-0.2, -0.15) is 0 Å². The Balaban J connectivity index is 2.10. The molecule has 6 nitrogen and oxygen atoms in total. The van der Waals surface area contributed by atoms with E-state index in [0.29, 0.717) is 18.2 Å². The molecule has 108 valence electrons. The van der Waals surface area contributed by atoms with E-state index in [0.717, 1.165) is 0 Å². The molecular weight excluding hydrogens is 272 g/mol. The number of aromatic carboxylic acids is 1. The van der Waals surface area contributed by atoms with Crippen molar-refractivity contribution in [1.29, 1.82) is 0 Å². The number of nitrogens with one attached hydrogen (secondary N) is 1. The van der Waals surface area contributed by atoms with Crippen molar-refractivity contribution in [1.82, 2.24) is 4.98 Å². The lowest BCUT2D eigenvalue weighted by molar-refractivity contribution is 0.0697. The third-order valence-electron chi connectivity index (χ3n) is 2.66. The summed E-state index contributed by atoms with van der Waals surface area (Å²) in [7, 11) is 0. The summed E-state index contributed by atoms with van der Waals surface area (Å²) in [5.41, 5.74) is 0.834. The molecule has 0 aliphatic carbocycles. The van der Waals surface area contributed by atoms with Crippen molar-refractivity contribution in [2.24, 2.45) is 0 Å². The summed E-state index contributed by atoms with van der Waals surface area (Å²) >= 11 is 0. The number of anilines is 1. The number of aromatic nitrogens is 1. The lowest BCUT2D eigenvalue weighted by Crippen LogP contribution is -2.13. The van der Waals surface area contributed by atoms with Crippen LogP contribution in [-0.4, -0.2) is 28.6 Å². The summed E-state index contributed by atoms with van der Waals surface area (Å²) in [5, 5.41) is 11.5. The van der Waals surface area contributed by atoms with Crippen LogP contribution in [0.4, 0.5) is 5.69 Å². The van der Waals surface area contributed by atoms with Gasteiger partial charge in [-0.15, -0.1) is 0 Å². The second kappa shape index (κ2) is 6.51. The minimum Gasteiger partial charge on any atom is -0.478 e. The molecule has 0 fully saturated rings. The number of carboxylic acids is 1. The standard InChI is InChI=1S/C15H14N2O4/c1-2-21-13-7-6-12(9-16-13)17-14(18)10-4-3-5-11(8-10)15(19)20/h3-9H,2H2,1H3,(H,17,18)(H,19,20). The zero-order valence-corrected chi connectivity index (χ0v) is 11.4. The van der Waals surface area contributed by atoms with Gasteiger partial charge < -0.3 is 15.2 Å². The predicted molar refractivity (Wildman–Crippen MR) is 76.8 cm³/mol. The highest BCUT2D eigenvalue weighted by atomic mass is 16.5. The van der Waals surface area contributed by atoms with Crippen LogP contribution < -0.4 is 10.1 Å². The molecule has 21 heavy (non-hydrogen) atoms. The van der Waals surface area contributed by atoms with Gasteiger partial charge in [-0.3, -0.25) is 4.79 Å². The van der Waals surface area contributed by atoms with Gasteiger partial charge in [0.2, 0.25) is 5.88 Å². The van der Waals surface area contributed by atoms with Crippen molar-refractivity contribution in [2.45, 2.75) is 6.92 Å². The number of carboxylic acid groups (broad SMARTS) is 1. The number of pyridine rings is 1. The Bertz CT molecular complexity index is 653. The quantitative estimate of drug-likeness (QED) is 0.881. The molecule has 0 aliphatic rings. The van der Waals surface area contributed by atoms with Gasteiger partial charge in [-0.1, -0.05) is 6.07 Å². The van der Waals surface area contributed by atoms with Crippen molar-refractivity contribution in [3.63, 3.8) is 0 Å². The summed E-state index contributed by atoms with van der Waals surface area (Å²) in [4.78, 5) is 26.9. The molecule has 1 aromatic heterocycles. The Morgan fingerprint density at radius 1 is 1.24 bits per heavy atom. The minimum atomic E-state index is -1.08. The van der Waals surface area contributed by atoms with Crippen molar-refractivity contribution in [3.05, 3.63) is 53.7 Å². The maximum atomic E-state index is 12.0. The van der Waals surface area contributed by atoms with E-state index in [4.69, 9.17) is 9.84 Å². The number of rotatable bonds is 5. The maximum absolute atomic E-state index is 12.0. The van der Waals surface area contributed by atoms with Crippen LogP contribution in [0, 0.1) is 0 Å².